The molecule has 0 bridgehead atoms. The van der Waals surface area contributed by atoms with Crippen molar-refractivity contribution in [2.75, 3.05) is 20.1 Å². The minimum Gasteiger partial charge on any atom is -0.389 e. The van der Waals surface area contributed by atoms with Crippen molar-refractivity contribution in [2.45, 2.75) is 32.5 Å². The Hall–Kier alpha value is -1.04. The van der Waals surface area contributed by atoms with Gasteiger partial charge in [-0.15, -0.1) is 0 Å². The van der Waals surface area contributed by atoms with Crippen LogP contribution < -0.4 is 5.73 Å². The molecule has 0 spiro atoms. The molecule has 2 N–H and O–H groups in total. The molecule has 1 aromatic rings. The lowest BCUT2D eigenvalue weighted by Gasteiger charge is -2.42. The van der Waals surface area contributed by atoms with E-state index in [2.05, 4.69) is 30.7 Å². The molecule has 2 rings (SSSR count). The fourth-order valence-corrected chi connectivity index (χ4v) is 2.90. The molecule has 1 aliphatic rings. The summed E-state index contributed by atoms with van der Waals surface area (Å²) >= 11 is 4.93. The third-order valence-electron chi connectivity index (χ3n) is 4.08. The maximum absolute atomic E-state index is 13.6. The van der Waals surface area contributed by atoms with Crippen molar-refractivity contribution in [1.82, 2.24) is 9.80 Å². The Morgan fingerprint density at radius 1 is 1.30 bits per heavy atom. The van der Waals surface area contributed by atoms with Crippen molar-refractivity contribution in [3.63, 3.8) is 0 Å². The van der Waals surface area contributed by atoms with Crippen molar-refractivity contribution >= 4 is 17.2 Å². The van der Waals surface area contributed by atoms with Crippen LogP contribution in [0.2, 0.25) is 0 Å². The highest BCUT2D eigenvalue weighted by Crippen LogP contribution is 2.17. The van der Waals surface area contributed by atoms with E-state index in [0.717, 1.165) is 25.2 Å². The third-order valence-corrected chi connectivity index (χ3v) is 4.32. The van der Waals surface area contributed by atoms with Crippen LogP contribution in [0.4, 0.5) is 4.39 Å². The first kappa shape index (κ1) is 15.4. The predicted molar refractivity (Wildman–Crippen MR) is 84.3 cm³/mol. The largest absolute Gasteiger partial charge is 0.389 e. The summed E-state index contributed by atoms with van der Waals surface area (Å²) in [5, 5.41) is 0. The molecule has 2 unspecified atom stereocenters. The van der Waals surface area contributed by atoms with Gasteiger partial charge in [-0.1, -0.05) is 12.2 Å². The average molecular weight is 295 g/mol. The first-order valence-corrected chi connectivity index (χ1v) is 7.31. The van der Waals surface area contributed by atoms with Crippen LogP contribution in [0.25, 0.3) is 0 Å². The first-order chi connectivity index (χ1) is 9.36. The number of hydrogen-bond donors (Lipinski definition) is 1. The minimum absolute atomic E-state index is 0.242. The summed E-state index contributed by atoms with van der Waals surface area (Å²) in [7, 11) is 2.15. The molecule has 1 aromatic carbocycles. The zero-order valence-corrected chi connectivity index (χ0v) is 13.1. The van der Waals surface area contributed by atoms with Gasteiger partial charge in [-0.2, -0.15) is 0 Å². The number of nitrogens with zero attached hydrogens (tertiary/aromatic N) is 2. The second-order valence-corrected chi connectivity index (χ2v) is 6.21. The Morgan fingerprint density at radius 3 is 2.45 bits per heavy atom. The zero-order chi connectivity index (χ0) is 14.9. The van der Waals surface area contributed by atoms with Crippen molar-refractivity contribution in [1.29, 1.82) is 0 Å². The number of hydrogen-bond acceptors (Lipinski definition) is 3. The lowest BCUT2D eigenvalue weighted by Crippen LogP contribution is -2.54. The van der Waals surface area contributed by atoms with E-state index >= 15 is 0 Å². The molecular weight excluding hydrogens is 273 g/mol. The maximum Gasteiger partial charge on any atom is 0.124 e. The molecule has 2 atom stereocenters. The molecule has 0 saturated carbocycles. The van der Waals surface area contributed by atoms with Crippen molar-refractivity contribution < 1.29 is 4.39 Å². The fourth-order valence-electron chi connectivity index (χ4n) is 2.79. The maximum atomic E-state index is 13.6. The molecule has 3 nitrogen and oxygen atoms in total. The van der Waals surface area contributed by atoms with E-state index in [1.165, 1.54) is 6.07 Å². The van der Waals surface area contributed by atoms with Gasteiger partial charge in [0.1, 0.15) is 10.8 Å². The van der Waals surface area contributed by atoms with E-state index in [4.69, 9.17) is 18.0 Å². The normalized spacial score (nSPS) is 24.8. The lowest BCUT2D eigenvalue weighted by atomic mass is 10.1. The fraction of sp³-hybridized carbons (Fsp3) is 0.533. The molecule has 1 saturated heterocycles. The number of piperazine rings is 1. The van der Waals surface area contributed by atoms with Crippen molar-refractivity contribution in [3.8, 4) is 0 Å². The molecule has 0 aliphatic carbocycles. The standard InChI is InChI=1S/C15H22FN3S/c1-10-7-19(8-11(2)18(10)3)9-12-4-13(15(17)20)6-14(16)5-12/h4-6,10-11H,7-9H2,1-3H3,(H2,17,20). The Bertz CT molecular complexity index is 494. The van der Waals surface area contributed by atoms with Crippen LogP contribution in [0.15, 0.2) is 18.2 Å². The van der Waals surface area contributed by atoms with Gasteiger partial charge in [0.25, 0.3) is 0 Å². The van der Waals surface area contributed by atoms with Gasteiger partial charge < -0.3 is 5.73 Å². The van der Waals surface area contributed by atoms with Crippen LogP contribution in [-0.2, 0) is 6.54 Å². The van der Waals surface area contributed by atoms with Gasteiger partial charge in [-0.3, -0.25) is 9.80 Å². The van der Waals surface area contributed by atoms with Gasteiger partial charge in [0.15, 0.2) is 0 Å². The second kappa shape index (κ2) is 6.16. The molecule has 0 amide bonds. The Kier molecular flexibility index (Phi) is 4.73. The van der Waals surface area contributed by atoms with E-state index in [9.17, 15) is 4.39 Å². The number of likely N-dealkylation sites (N-methyl/N-ethyl adjacent to an activating group) is 1. The molecule has 20 heavy (non-hydrogen) atoms. The topological polar surface area (TPSA) is 32.5 Å². The van der Waals surface area contributed by atoms with Gasteiger partial charge in [-0.25, -0.2) is 4.39 Å². The van der Waals surface area contributed by atoms with E-state index in [0.29, 0.717) is 17.6 Å². The minimum atomic E-state index is -0.277. The molecular formula is C15H22FN3S. The molecule has 0 aromatic heterocycles. The summed E-state index contributed by atoms with van der Waals surface area (Å²) in [5.41, 5.74) is 7.12. The predicted octanol–water partition coefficient (Wildman–Crippen LogP) is 1.98. The van der Waals surface area contributed by atoms with Gasteiger partial charge >= 0.3 is 0 Å². The van der Waals surface area contributed by atoms with E-state index in [1.807, 2.05) is 6.07 Å². The van der Waals surface area contributed by atoms with Gasteiger partial charge in [-0.05, 0) is 44.7 Å². The number of rotatable bonds is 3. The third kappa shape index (κ3) is 3.53. The van der Waals surface area contributed by atoms with Crippen molar-refractivity contribution in [3.05, 3.63) is 35.1 Å². The highest BCUT2D eigenvalue weighted by molar-refractivity contribution is 7.80. The van der Waals surface area contributed by atoms with Gasteiger partial charge in [0, 0.05) is 37.3 Å². The number of thiocarbonyl (C=S) groups is 1. The number of nitrogens with two attached hydrogens (primary N) is 1. The summed E-state index contributed by atoms with van der Waals surface area (Å²) < 4.78 is 13.6. The average Bonchev–Trinajstić information content (AvgIpc) is 2.35. The van der Waals surface area contributed by atoms with Gasteiger partial charge in [0.2, 0.25) is 0 Å². The monoisotopic (exact) mass is 295 g/mol. The van der Waals surface area contributed by atoms with Crippen LogP contribution in [-0.4, -0.2) is 47.0 Å². The number of benzene rings is 1. The summed E-state index contributed by atoms with van der Waals surface area (Å²) in [6.45, 7) is 7.14. The Labute approximate surface area is 125 Å². The van der Waals surface area contributed by atoms with E-state index < -0.39 is 0 Å². The lowest BCUT2D eigenvalue weighted by molar-refractivity contribution is 0.0556. The smallest absolute Gasteiger partial charge is 0.124 e. The van der Waals surface area contributed by atoms with Crippen LogP contribution >= 0.6 is 12.2 Å². The van der Waals surface area contributed by atoms with E-state index in [-0.39, 0.29) is 10.8 Å². The molecule has 5 heteroatoms. The summed E-state index contributed by atoms with van der Waals surface area (Å²) in [4.78, 5) is 4.97. The molecule has 1 aliphatic heterocycles. The van der Waals surface area contributed by atoms with Crippen LogP contribution in [0.1, 0.15) is 25.0 Å². The van der Waals surface area contributed by atoms with Crippen LogP contribution in [0, 0.1) is 5.82 Å². The number of halogens is 1. The van der Waals surface area contributed by atoms with E-state index in [1.54, 1.807) is 6.07 Å². The first-order valence-electron chi connectivity index (χ1n) is 6.90. The Balaban J connectivity index is 2.12. The van der Waals surface area contributed by atoms with Crippen molar-refractivity contribution in [2.24, 2.45) is 5.73 Å². The van der Waals surface area contributed by atoms with Crippen LogP contribution in [0.5, 0.6) is 0 Å². The zero-order valence-electron chi connectivity index (χ0n) is 12.3. The SMILES string of the molecule is CC1CN(Cc2cc(F)cc(C(N)=S)c2)CC(C)N1C. The van der Waals surface area contributed by atoms with Crippen LogP contribution in [0.3, 0.4) is 0 Å². The Morgan fingerprint density at radius 2 is 1.90 bits per heavy atom. The second-order valence-electron chi connectivity index (χ2n) is 5.77. The highest BCUT2D eigenvalue weighted by Gasteiger charge is 2.26. The molecule has 1 fully saturated rings. The summed E-state index contributed by atoms with van der Waals surface area (Å²) in [5.74, 6) is -0.277. The highest BCUT2D eigenvalue weighted by atomic mass is 32.1. The van der Waals surface area contributed by atoms with Gasteiger partial charge in [0.05, 0.1) is 0 Å². The molecule has 1 heterocycles. The summed E-state index contributed by atoms with van der Waals surface area (Å²) in [6, 6.07) is 5.85. The molecule has 110 valence electrons. The molecule has 0 radical (unpaired) electrons. The quantitative estimate of drug-likeness (QED) is 0.864. The summed E-state index contributed by atoms with van der Waals surface area (Å²) in [6.07, 6.45) is 0.